The lowest BCUT2D eigenvalue weighted by Crippen LogP contribution is -2.59. The zero-order chi connectivity index (χ0) is 20.3. The first-order chi connectivity index (χ1) is 14.8. The van der Waals surface area contributed by atoms with E-state index in [-0.39, 0.29) is 6.04 Å². The maximum absolute atomic E-state index is 6.41. The van der Waals surface area contributed by atoms with Crippen molar-refractivity contribution in [3.63, 3.8) is 0 Å². The van der Waals surface area contributed by atoms with Crippen LogP contribution >= 0.6 is 11.6 Å². The Hall–Kier alpha value is -2.42. The molecule has 6 rings (SSSR count). The lowest BCUT2D eigenvalue weighted by molar-refractivity contribution is 0.0215. The van der Waals surface area contributed by atoms with Crippen LogP contribution in [0.5, 0.6) is 0 Å². The minimum atomic E-state index is 0.272. The summed E-state index contributed by atoms with van der Waals surface area (Å²) in [4.78, 5) is 7.88. The average molecular weight is 415 g/mol. The van der Waals surface area contributed by atoms with Gasteiger partial charge >= 0.3 is 0 Å². The van der Waals surface area contributed by atoms with Gasteiger partial charge in [0.1, 0.15) is 0 Å². The van der Waals surface area contributed by atoms with Crippen molar-refractivity contribution in [2.24, 2.45) is 10.9 Å². The van der Waals surface area contributed by atoms with Crippen molar-refractivity contribution in [2.45, 2.75) is 30.8 Å². The molecule has 0 aliphatic carbocycles. The van der Waals surface area contributed by atoms with Crippen molar-refractivity contribution in [3.8, 4) is 0 Å². The molecule has 0 aromatic heterocycles. The smallest absolute Gasteiger partial charge is 0.0693 e. The monoisotopic (exact) mass is 414 g/mol. The first kappa shape index (κ1) is 19.5. The summed E-state index contributed by atoms with van der Waals surface area (Å²) in [7, 11) is 0. The molecule has 3 aliphatic heterocycles. The lowest BCUT2D eigenvalue weighted by atomic mass is 9.71. The molecule has 3 aliphatic rings. The van der Waals surface area contributed by atoms with Gasteiger partial charge in [0, 0.05) is 28.8 Å². The standard InChI is InChI=1S/C27H27ClN2/c28-24-14-8-7-13-23(24)19-29-26-22-15-17-30(18-16-22)27(26)25(20-9-3-1-4-10-20)21-11-5-2-6-12-21/h1-14,19,22,25-27H,15-18H2/b29-19+/t26-,27+/m1/s1. The number of rotatable bonds is 5. The maximum Gasteiger partial charge on any atom is 0.0693 e. The molecule has 2 nitrogen and oxygen atoms in total. The number of aliphatic imine (C=N–C) groups is 1. The Kier molecular flexibility index (Phi) is 5.70. The highest BCUT2D eigenvalue weighted by molar-refractivity contribution is 6.33. The summed E-state index contributed by atoms with van der Waals surface area (Å²) in [5.41, 5.74) is 3.75. The summed E-state index contributed by atoms with van der Waals surface area (Å²) in [6.07, 6.45) is 4.48. The Labute approximate surface area is 184 Å². The van der Waals surface area contributed by atoms with Gasteiger partial charge in [-0.15, -0.1) is 0 Å². The molecule has 3 aromatic rings. The van der Waals surface area contributed by atoms with Crippen molar-refractivity contribution < 1.29 is 0 Å². The number of hydrogen-bond acceptors (Lipinski definition) is 2. The van der Waals surface area contributed by atoms with Gasteiger partial charge < -0.3 is 0 Å². The predicted molar refractivity (Wildman–Crippen MR) is 126 cm³/mol. The number of hydrogen-bond donors (Lipinski definition) is 0. The van der Waals surface area contributed by atoms with Crippen LogP contribution in [0.1, 0.15) is 35.4 Å². The molecule has 0 unspecified atom stereocenters. The zero-order valence-electron chi connectivity index (χ0n) is 17.1. The number of piperidine rings is 3. The van der Waals surface area contributed by atoms with Gasteiger partial charge in [0.25, 0.3) is 0 Å². The van der Waals surface area contributed by atoms with Crippen LogP contribution in [-0.4, -0.2) is 36.3 Å². The highest BCUT2D eigenvalue weighted by atomic mass is 35.5. The summed E-state index contributed by atoms with van der Waals surface area (Å²) in [6.45, 7) is 2.34. The van der Waals surface area contributed by atoms with Gasteiger partial charge in [-0.2, -0.15) is 0 Å². The van der Waals surface area contributed by atoms with E-state index < -0.39 is 0 Å². The minimum Gasteiger partial charge on any atom is -0.297 e. The Morgan fingerprint density at radius 1 is 0.800 bits per heavy atom. The zero-order valence-corrected chi connectivity index (χ0v) is 17.8. The van der Waals surface area contributed by atoms with Crippen molar-refractivity contribution in [1.29, 1.82) is 0 Å². The number of nitrogens with zero attached hydrogens (tertiary/aromatic N) is 2. The van der Waals surface area contributed by atoms with Crippen LogP contribution in [0.3, 0.4) is 0 Å². The van der Waals surface area contributed by atoms with E-state index in [1.807, 2.05) is 30.5 Å². The van der Waals surface area contributed by atoms with Crippen LogP contribution < -0.4 is 0 Å². The van der Waals surface area contributed by atoms with E-state index in [0.29, 0.717) is 17.9 Å². The summed E-state index contributed by atoms with van der Waals surface area (Å²) < 4.78 is 0. The largest absolute Gasteiger partial charge is 0.297 e. The third kappa shape index (κ3) is 3.82. The third-order valence-electron chi connectivity index (χ3n) is 6.78. The Bertz CT molecular complexity index is 954. The fraction of sp³-hybridized carbons (Fsp3) is 0.296. The maximum atomic E-state index is 6.41. The molecule has 2 bridgehead atoms. The second-order valence-corrected chi connectivity index (χ2v) is 8.86. The van der Waals surface area contributed by atoms with E-state index in [2.05, 4.69) is 65.6 Å². The molecule has 3 fully saturated rings. The van der Waals surface area contributed by atoms with Gasteiger partial charge in [-0.05, 0) is 49.0 Å². The Balaban J connectivity index is 1.56. The second kappa shape index (κ2) is 8.75. The molecule has 0 amide bonds. The van der Waals surface area contributed by atoms with Crippen molar-refractivity contribution in [3.05, 3.63) is 107 Å². The van der Waals surface area contributed by atoms with Crippen LogP contribution in [0.15, 0.2) is 89.9 Å². The molecule has 30 heavy (non-hydrogen) atoms. The van der Waals surface area contributed by atoms with Gasteiger partial charge in [0.2, 0.25) is 0 Å². The summed E-state index contributed by atoms with van der Waals surface area (Å²) >= 11 is 6.41. The number of benzene rings is 3. The molecule has 0 spiro atoms. The van der Waals surface area contributed by atoms with Gasteiger partial charge in [-0.25, -0.2) is 0 Å². The van der Waals surface area contributed by atoms with Crippen molar-refractivity contribution in [1.82, 2.24) is 4.90 Å². The van der Waals surface area contributed by atoms with Crippen molar-refractivity contribution in [2.75, 3.05) is 13.1 Å². The van der Waals surface area contributed by atoms with Crippen LogP contribution in [0, 0.1) is 5.92 Å². The fourth-order valence-electron chi connectivity index (χ4n) is 5.33. The SMILES string of the molecule is Clc1ccccc1/C=N/[C@@H]1C2CCN(CC2)[C@H]1C(c1ccccc1)c1ccccc1. The molecular formula is C27H27ClN2. The highest BCUT2D eigenvalue weighted by Crippen LogP contribution is 2.43. The van der Waals surface area contributed by atoms with E-state index in [0.717, 1.165) is 10.6 Å². The molecule has 0 N–H and O–H groups in total. The van der Waals surface area contributed by atoms with Gasteiger partial charge in [0.15, 0.2) is 0 Å². The van der Waals surface area contributed by atoms with Crippen LogP contribution in [0.4, 0.5) is 0 Å². The Morgan fingerprint density at radius 2 is 1.37 bits per heavy atom. The van der Waals surface area contributed by atoms with E-state index in [1.165, 1.54) is 37.1 Å². The molecule has 3 heteroatoms. The highest BCUT2D eigenvalue weighted by Gasteiger charge is 2.46. The molecule has 3 aromatic carbocycles. The van der Waals surface area contributed by atoms with E-state index in [4.69, 9.17) is 16.6 Å². The molecule has 3 heterocycles. The molecule has 0 saturated carbocycles. The molecule has 152 valence electrons. The van der Waals surface area contributed by atoms with Crippen LogP contribution in [0.25, 0.3) is 0 Å². The van der Waals surface area contributed by atoms with Gasteiger partial charge in [0.05, 0.1) is 6.04 Å². The fourth-order valence-corrected chi connectivity index (χ4v) is 5.51. The average Bonchev–Trinajstić information content (AvgIpc) is 2.81. The van der Waals surface area contributed by atoms with Gasteiger partial charge in [-0.1, -0.05) is 90.5 Å². The number of fused-ring (bicyclic) bond motifs is 3. The van der Waals surface area contributed by atoms with E-state index in [1.54, 1.807) is 0 Å². The van der Waals surface area contributed by atoms with E-state index in [9.17, 15) is 0 Å². The second-order valence-electron chi connectivity index (χ2n) is 8.45. The number of halogens is 1. The molecular weight excluding hydrogens is 388 g/mol. The summed E-state index contributed by atoms with van der Waals surface area (Å²) in [6, 6.07) is 30.5. The normalized spacial score (nSPS) is 25.8. The predicted octanol–water partition coefficient (Wildman–Crippen LogP) is 6.05. The summed E-state index contributed by atoms with van der Waals surface area (Å²) in [5, 5.41) is 0.766. The third-order valence-corrected chi connectivity index (χ3v) is 7.12. The van der Waals surface area contributed by atoms with Crippen LogP contribution in [0.2, 0.25) is 5.02 Å². The molecule has 3 saturated heterocycles. The minimum absolute atomic E-state index is 0.272. The van der Waals surface area contributed by atoms with Crippen LogP contribution in [-0.2, 0) is 0 Å². The summed E-state index contributed by atoms with van der Waals surface area (Å²) in [5.74, 6) is 0.942. The first-order valence-electron chi connectivity index (χ1n) is 10.9. The molecule has 2 atom stereocenters. The van der Waals surface area contributed by atoms with Crippen molar-refractivity contribution >= 4 is 17.8 Å². The molecule has 0 radical (unpaired) electrons. The first-order valence-corrected chi connectivity index (χ1v) is 11.3. The Morgan fingerprint density at radius 3 is 1.97 bits per heavy atom. The lowest BCUT2D eigenvalue weighted by Gasteiger charge is -2.52. The van der Waals surface area contributed by atoms with Gasteiger partial charge in [-0.3, -0.25) is 9.89 Å². The quantitative estimate of drug-likeness (QED) is 0.464. The van der Waals surface area contributed by atoms with E-state index >= 15 is 0 Å². The topological polar surface area (TPSA) is 15.6 Å².